The van der Waals surface area contributed by atoms with Gasteiger partial charge in [0.2, 0.25) is 0 Å². The van der Waals surface area contributed by atoms with Gasteiger partial charge in [-0.2, -0.15) is 5.10 Å². The van der Waals surface area contributed by atoms with Gasteiger partial charge in [0.15, 0.2) is 0 Å². The van der Waals surface area contributed by atoms with Crippen molar-refractivity contribution in [2.75, 3.05) is 34.8 Å². The summed E-state index contributed by atoms with van der Waals surface area (Å²) in [5, 5.41) is 9.71. The van der Waals surface area contributed by atoms with Crippen LogP contribution in [0.5, 0.6) is 0 Å². The third kappa shape index (κ3) is 3.96. The molecule has 0 radical (unpaired) electrons. The van der Waals surface area contributed by atoms with Gasteiger partial charge in [-0.15, -0.1) is 0 Å². The minimum absolute atomic E-state index is 0.259. The zero-order chi connectivity index (χ0) is 19.5. The monoisotopic (exact) mass is 395 g/mol. The number of hydrogen-bond donors (Lipinski definition) is 2. The smallest absolute Gasteiger partial charge is 0.274 e. The molecule has 0 saturated carbocycles. The van der Waals surface area contributed by atoms with E-state index < -0.39 is 10.8 Å². The fourth-order valence-electron chi connectivity index (χ4n) is 3.18. The maximum atomic E-state index is 12.7. The number of amides is 1. The van der Waals surface area contributed by atoms with Crippen molar-refractivity contribution in [3.63, 3.8) is 0 Å². The Morgan fingerprint density at radius 1 is 1.18 bits per heavy atom. The molecule has 0 bridgehead atoms. The number of nitrogens with one attached hydrogen (secondary N) is 2. The molecule has 3 aromatic rings. The van der Waals surface area contributed by atoms with Gasteiger partial charge in [-0.1, -0.05) is 6.07 Å². The molecule has 1 aliphatic rings. The number of pyridine rings is 1. The van der Waals surface area contributed by atoms with Crippen molar-refractivity contribution in [3.05, 3.63) is 59.9 Å². The zero-order valence-electron chi connectivity index (χ0n) is 15.5. The first-order valence-corrected chi connectivity index (χ1v) is 10.6. The molecular formula is C20H21N5O2S. The van der Waals surface area contributed by atoms with E-state index in [-0.39, 0.29) is 5.91 Å². The molecule has 0 atom stereocenters. The van der Waals surface area contributed by atoms with Crippen LogP contribution in [-0.4, -0.2) is 49.9 Å². The van der Waals surface area contributed by atoms with Gasteiger partial charge < -0.3 is 10.2 Å². The van der Waals surface area contributed by atoms with Crippen molar-refractivity contribution >= 4 is 28.1 Å². The molecule has 2 aromatic heterocycles. The van der Waals surface area contributed by atoms with Crippen LogP contribution < -0.4 is 10.2 Å². The topological polar surface area (TPSA) is 91.0 Å². The summed E-state index contributed by atoms with van der Waals surface area (Å²) in [4.78, 5) is 19.3. The lowest BCUT2D eigenvalue weighted by atomic mass is 10.1. The first-order valence-electron chi connectivity index (χ1n) is 9.09. The maximum absolute atomic E-state index is 12.7. The molecule has 3 heterocycles. The number of aryl methyl sites for hydroxylation is 1. The molecule has 1 saturated heterocycles. The molecule has 0 aliphatic carbocycles. The number of carbonyl (C=O) groups excluding carboxylic acids is 1. The fourth-order valence-corrected chi connectivity index (χ4v) is 4.23. The molecule has 7 nitrogen and oxygen atoms in total. The highest BCUT2D eigenvalue weighted by Crippen LogP contribution is 2.24. The predicted octanol–water partition coefficient (Wildman–Crippen LogP) is 2.60. The molecule has 28 heavy (non-hydrogen) atoms. The summed E-state index contributed by atoms with van der Waals surface area (Å²) >= 11 is 0. The van der Waals surface area contributed by atoms with E-state index in [1.807, 2.05) is 31.2 Å². The third-order valence-electron chi connectivity index (χ3n) is 4.76. The van der Waals surface area contributed by atoms with Crippen LogP contribution in [-0.2, 0) is 10.8 Å². The summed E-state index contributed by atoms with van der Waals surface area (Å²) in [5.74, 6) is 1.15. The predicted molar refractivity (Wildman–Crippen MR) is 111 cm³/mol. The minimum atomic E-state index is -0.698. The van der Waals surface area contributed by atoms with Gasteiger partial charge in [-0.3, -0.25) is 14.1 Å². The SMILES string of the molecule is Cc1cc(N2CCS(=O)CC2)ccc1NC(=O)c1cccc(-c2ccn[nH]2)n1. The van der Waals surface area contributed by atoms with Crippen LogP contribution in [0.1, 0.15) is 16.1 Å². The number of hydrogen-bond acceptors (Lipinski definition) is 5. The standard InChI is InChI=1S/C20H21N5O2S/c1-14-13-15(25-9-11-28(27)12-10-25)5-6-16(14)23-20(26)19-4-2-3-17(22-19)18-7-8-21-24-18/h2-8,13H,9-12H2,1H3,(H,21,24)(H,23,26). The average Bonchev–Trinajstić information content (AvgIpc) is 3.25. The Balaban J connectivity index is 1.49. The largest absolute Gasteiger partial charge is 0.370 e. The quantitative estimate of drug-likeness (QED) is 0.709. The van der Waals surface area contributed by atoms with E-state index in [1.165, 1.54) is 0 Å². The normalized spacial score (nSPS) is 14.8. The summed E-state index contributed by atoms with van der Waals surface area (Å²) in [6, 6.07) is 13.1. The minimum Gasteiger partial charge on any atom is -0.370 e. The lowest BCUT2D eigenvalue weighted by Gasteiger charge is -2.29. The van der Waals surface area contributed by atoms with Crippen LogP contribution in [0.25, 0.3) is 11.4 Å². The number of benzene rings is 1. The Bertz CT molecular complexity index is 1010. The molecule has 8 heteroatoms. The average molecular weight is 395 g/mol. The molecule has 0 unspecified atom stereocenters. The van der Waals surface area contributed by atoms with Gasteiger partial charge in [0.1, 0.15) is 5.69 Å². The number of nitrogens with zero attached hydrogens (tertiary/aromatic N) is 3. The number of carbonyl (C=O) groups is 1. The maximum Gasteiger partial charge on any atom is 0.274 e. The Hall–Kier alpha value is -3.00. The molecule has 0 spiro atoms. The summed E-state index contributed by atoms with van der Waals surface area (Å²) in [6.07, 6.45) is 1.65. The van der Waals surface area contributed by atoms with E-state index in [4.69, 9.17) is 0 Å². The highest BCUT2D eigenvalue weighted by atomic mass is 32.2. The van der Waals surface area contributed by atoms with E-state index in [1.54, 1.807) is 18.3 Å². The summed E-state index contributed by atoms with van der Waals surface area (Å²) in [5.41, 5.74) is 4.59. The molecule has 144 valence electrons. The first kappa shape index (κ1) is 18.4. The molecular weight excluding hydrogens is 374 g/mol. The van der Waals surface area contributed by atoms with Gasteiger partial charge >= 0.3 is 0 Å². The van der Waals surface area contributed by atoms with Gasteiger partial charge in [0.05, 0.1) is 11.4 Å². The highest BCUT2D eigenvalue weighted by molar-refractivity contribution is 7.85. The molecule has 1 aliphatic heterocycles. The lowest BCUT2D eigenvalue weighted by Crippen LogP contribution is -2.37. The molecule has 2 N–H and O–H groups in total. The number of aromatic nitrogens is 3. The Morgan fingerprint density at radius 2 is 2.00 bits per heavy atom. The van der Waals surface area contributed by atoms with Crippen molar-refractivity contribution in [1.82, 2.24) is 15.2 Å². The number of aromatic amines is 1. The van der Waals surface area contributed by atoms with Crippen molar-refractivity contribution in [2.24, 2.45) is 0 Å². The second-order valence-electron chi connectivity index (χ2n) is 6.67. The Labute approximate surface area is 165 Å². The van der Waals surface area contributed by atoms with Gasteiger partial charge in [0.25, 0.3) is 5.91 Å². The van der Waals surface area contributed by atoms with Gasteiger partial charge in [-0.05, 0) is 48.9 Å². The van der Waals surface area contributed by atoms with Gasteiger partial charge in [0, 0.05) is 53.0 Å². The number of anilines is 2. The van der Waals surface area contributed by atoms with Crippen LogP contribution in [0, 0.1) is 6.92 Å². The van der Waals surface area contributed by atoms with E-state index in [9.17, 15) is 9.00 Å². The van der Waals surface area contributed by atoms with Gasteiger partial charge in [-0.25, -0.2) is 4.98 Å². The van der Waals surface area contributed by atoms with Crippen LogP contribution in [0.2, 0.25) is 0 Å². The third-order valence-corrected chi connectivity index (χ3v) is 6.04. The zero-order valence-corrected chi connectivity index (χ0v) is 16.3. The highest BCUT2D eigenvalue weighted by Gasteiger charge is 2.17. The second-order valence-corrected chi connectivity index (χ2v) is 8.36. The fraction of sp³-hybridized carbons (Fsp3) is 0.250. The summed E-state index contributed by atoms with van der Waals surface area (Å²) in [7, 11) is -0.698. The molecule has 1 amide bonds. The molecule has 1 aromatic carbocycles. The van der Waals surface area contributed by atoms with E-state index in [0.717, 1.165) is 35.7 Å². The number of rotatable bonds is 4. The Morgan fingerprint density at radius 3 is 2.71 bits per heavy atom. The van der Waals surface area contributed by atoms with Crippen LogP contribution in [0.3, 0.4) is 0 Å². The van der Waals surface area contributed by atoms with E-state index in [0.29, 0.717) is 22.9 Å². The number of H-pyrrole nitrogens is 1. The first-order chi connectivity index (χ1) is 13.6. The van der Waals surface area contributed by atoms with E-state index >= 15 is 0 Å². The van der Waals surface area contributed by atoms with Crippen molar-refractivity contribution in [1.29, 1.82) is 0 Å². The molecule has 4 rings (SSSR count). The summed E-state index contributed by atoms with van der Waals surface area (Å²) < 4.78 is 11.5. The van der Waals surface area contributed by atoms with Crippen molar-refractivity contribution in [3.8, 4) is 11.4 Å². The Kier molecular flexibility index (Phi) is 5.21. The summed E-state index contributed by atoms with van der Waals surface area (Å²) in [6.45, 7) is 3.56. The van der Waals surface area contributed by atoms with Crippen LogP contribution in [0.4, 0.5) is 11.4 Å². The molecule has 1 fully saturated rings. The van der Waals surface area contributed by atoms with E-state index in [2.05, 4.69) is 31.5 Å². The lowest BCUT2D eigenvalue weighted by molar-refractivity contribution is 0.102. The second kappa shape index (κ2) is 7.93. The van der Waals surface area contributed by atoms with Crippen molar-refractivity contribution < 1.29 is 9.00 Å². The van der Waals surface area contributed by atoms with Crippen molar-refractivity contribution in [2.45, 2.75) is 6.92 Å². The van der Waals surface area contributed by atoms with Crippen LogP contribution >= 0.6 is 0 Å². The van der Waals surface area contributed by atoms with Crippen LogP contribution in [0.15, 0.2) is 48.7 Å².